The second-order valence-corrected chi connectivity index (χ2v) is 9.96. The van der Waals surface area contributed by atoms with Crippen LogP contribution in [0.5, 0.6) is 0 Å². The lowest BCUT2D eigenvalue weighted by atomic mass is 10.1. The third kappa shape index (κ3) is 4.80. The zero-order valence-corrected chi connectivity index (χ0v) is 15.9. The Hall–Kier alpha value is -0.870. The van der Waals surface area contributed by atoms with Crippen LogP contribution >= 0.6 is 23.1 Å². The summed E-state index contributed by atoms with van der Waals surface area (Å²) in [6.07, 6.45) is 1.33. The fourth-order valence-corrected chi connectivity index (χ4v) is 5.85. The molecule has 10 heteroatoms. The molecule has 2 atom stereocenters. The lowest BCUT2D eigenvalue weighted by Crippen LogP contribution is -2.47. The second-order valence-electron chi connectivity index (χ2n) is 5.53. The maximum atomic E-state index is 12.6. The summed E-state index contributed by atoms with van der Waals surface area (Å²) in [6, 6.07) is -0.172. The number of aromatic nitrogens is 2. The van der Waals surface area contributed by atoms with E-state index >= 15 is 0 Å². The summed E-state index contributed by atoms with van der Waals surface area (Å²) in [5.74, 6) is 0.468. The third-order valence-corrected chi connectivity index (χ3v) is 7.70. The van der Waals surface area contributed by atoms with Gasteiger partial charge in [0.05, 0.1) is 17.3 Å². The van der Waals surface area contributed by atoms with Gasteiger partial charge in [0.1, 0.15) is 0 Å². The van der Waals surface area contributed by atoms with Crippen LogP contribution in [0.2, 0.25) is 0 Å². The van der Waals surface area contributed by atoms with E-state index in [0.717, 1.165) is 10.8 Å². The van der Waals surface area contributed by atoms with Crippen molar-refractivity contribution in [1.29, 1.82) is 0 Å². The van der Waals surface area contributed by atoms with Crippen LogP contribution in [0, 0.1) is 0 Å². The maximum absolute atomic E-state index is 12.6. The molecule has 1 aliphatic rings. The Morgan fingerprint density at radius 3 is 2.78 bits per heavy atom. The van der Waals surface area contributed by atoms with Gasteiger partial charge in [-0.2, -0.15) is 0 Å². The maximum Gasteiger partial charge on any atom is 0.233 e. The number of carbonyl (C=O) groups is 1. The Balaban J connectivity index is 2.02. The summed E-state index contributed by atoms with van der Waals surface area (Å²) in [7, 11) is -1.24. The first kappa shape index (κ1) is 18.5. The fraction of sp³-hybridized carbons (Fsp3) is 0.769. The Kier molecular flexibility index (Phi) is 6.26. The van der Waals surface area contributed by atoms with Gasteiger partial charge in [-0.3, -0.25) is 4.79 Å². The molecule has 2 rings (SSSR count). The Labute approximate surface area is 145 Å². The number of nitrogens with one attached hydrogen (secondary N) is 1. The molecule has 1 amide bonds. The monoisotopic (exact) mass is 378 g/mol. The predicted molar refractivity (Wildman–Crippen MR) is 93.8 cm³/mol. The molecule has 1 N–H and O–H groups in total. The van der Waals surface area contributed by atoms with Crippen LogP contribution in [0.15, 0.2) is 4.34 Å². The summed E-state index contributed by atoms with van der Waals surface area (Å²) in [6.45, 7) is 3.98. The molecular weight excluding hydrogens is 356 g/mol. The average Bonchev–Trinajstić information content (AvgIpc) is 3.11. The lowest BCUT2D eigenvalue weighted by molar-refractivity contribution is -0.132. The average molecular weight is 379 g/mol. The molecule has 0 aliphatic carbocycles. The van der Waals surface area contributed by atoms with Gasteiger partial charge in [0.25, 0.3) is 0 Å². The number of sulfone groups is 1. The van der Waals surface area contributed by atoms with Crippen molar-refractivity contribution in [2.24, 2.45) is 0 Å². The number of carbonyl (C=O) groups excluding carboxylic acids is 1. The molecule has 2 heterocycles. The van der Waals surface area contributed by atoms with Gasteiger partial charge >= 0.3 is 0 Å². The topological polar surface area (TPSA) is 92.3 Å². The molecule has 0 aromatic carbocycles. The minimum atomic E-state index is -3.01. The lowest BCUT2D eigenvalue weighted by Gasteiger charge is -2.33. The second kappa shape index (κ2) is 7.80. The van der Waals surface area contributed by atoms with E-state index in [9.17, 15) is 13.2 Å². The highest BCUT2D eigenvalue weighted by atomic mass is 32.2. The summed E-state index contributed by atoms with van der Waals surface area (Å²) < 4.78 is 24.2. The molecule has 130 valence electrons. The van der Waals surface area contributed by atoms with Crippen molar-refractivity contribution in [1.82, 2.24) is 15.1 Å². The van der Waals surface area contributed by atoms with E-state index < -0.39 is 9.84 Å². The van der Waals surface area contributed by atoms with Crippen molar-refractivity contribution < 1.29 is 13.2 Å². The van der Waals surface area contributed by atoms with Gasteiger partial charge in [-0.1, -0.05) is 30.0 Å². The number of anilines is 1. The van der Waals surface area contributed by atoms with Gasteiger partial charge in [-0.15, -0.1) is 10.2 Å². The van der Waals surface area contributed by atoms with Gasteiger partial charge in [0.2, 0.25) is 11.0 Å². The first-order valence-corrected chi connectivity index (χ1v) is 11.1. The third-order valence-electron chi connectivity index (χ3n) is 3.89. The predicted octanol–water partition coefficient (Wildman–Crippen LogP) is 1.49. The van der Waals surface area contributed by atoms with Crippen LogP contribution in [-0.4, -0.2) is 65.8 Å². The van der Waals surface area contributed by atoms with E-state index in [4.69, 9.17) is 0 Å². The largest absolute Gasteiger partial charge is 0.363 e. The van der Waals surface area contributed by atoms with E-state index in [2.05, 4.69) is 15.5 Å². The van der Waals surface area contributed by atoms with Crippen molar-refractivity contribution >= 4 is 44.0 Å². The standard InChI is InChI=1S/C13H22N4O3S3/c1-4-9(2)17(10-5-6-23(19,20)8-10)11(18)7-21-13-16-15-12(14-3)22-13/h9-10H,4-8H2,1-3H3,(H,14,15)/t9-,10-/m0/s1. The summed E-state index contributed by atoms with van der Waals surface area (Å²) >= 11 is 2.74. The Bertz CT molecular complexity index is 647. The fourth-order valence-electron chi connectivity index (χ4n) is 2.57. The number of nitrogens with zero attached hydrogens (tertiary/aromatic N) is 3. The van der Waals surface area contributed by atoms with E-state index in [0.29, 0.717) is 11.6 Å². The van der Waals surface area contributed by atoms with Crippen molar-refractivity contribution in [2.45, 2.75) is 43.1 Å². The van der Waals surface area contributed by atoms with Gasteiger partial charge in [-0.25, -0.2) is 8.42 Å². The van der Waals surface area contributed by atoms with Crippen LogP contribution in [-0.2, 0) is 14.6 Å². The molecular formula is C13H22N4O3S3. The molecule has 0 unspecified atom stereocenters. The van der Waals surface area contributed by atoms with Crippen LogP contribution in [0.1, 0.15) is 26.7 Å². The normalized spacial score (nSPS) is 21.1. The van der Waals surface area contributed by atoms with Gasteiger partial charge in [0, 0.05) is 19.1 Å². The first-order chi connectivity index (χ1) is 10.9. The zero-order valence-electron chi connectivity index (χ0n) is 13.5. The molecule has 1 fully saturated rings. The zero-order chi connectivity index (χ0) is 17.0. The summed E-state index contributed by atoms with van der Waals surface area (Å²) in [4.78, 5) is 14.4. The van der Waals surface area contributed by atoms with Crippen LogP contribution in [0.25, 0.3) is 0 Å². The number of rotatable bonds is 7. The Morgan fingerprint density at radius 1 is 1.52 bits per heavy atom. The Morgan fingerprint density at radius 2 is 2.26 bits per heavy atom. The van der Waals surface area contributed by atoms with Gasteiger partial charge < -0.3 is 10.2 Å². The molecule has 7 nitrogen and oxygen atoms in total. The van der Waals surface area contributed by atoms with Crippen LogP contribution < -0.4 is 5.32 Å². The molecule has 0 bridgehead atoms. The van der Waals surface area contributed by atoms with Gasteiger partial charge in [-0.05, 0) is 19.8 Å². The van der Waals surface area contributed by atoms with E-state index in [1.54, 1.807) is 11.9 Å². The van der Waals surface area contributed by atoms with E-state index in [1.807, 2.05) is 13.8 Å². The summed E-state index contributed by atoms with van der Waals surface area (Å²) in [5.41, 5.74) is 0. The molecule has 23 heavy (non-hydrogen) atoms. The quantitative estimate of drug-likeness (QED) is 0.719. The molecule has 0 spiro atoms. The van der Waals surface area contributed by atoms with Crippen LogP contribution in [0.4, 0.5) is 5.13 Å². The summed E-state index contributed by atoms with van der Waals surface area (Å²) in [5, 5.41) is 11.6. The minimum absolute atomic E-state index is 0.0312. The molecule has 1 aromatic heterocycles. The van der Waals surface area contributed by atoms with Crippen molar-refractivity contribution in [3.63, 3.8) is 0 Å². The van der Waals surface area contributed by atoms with Crippen molar-refractivity contribution in [3.05, 3.63) is 0 Å². The SMILES string of the molecule is CC[C@H](C)N(C(=O)CSc1nnc(NC)s1)[C@H]1CCS(=O)(=O)C1. The first-order valence-electron chi connectivity index (χ1n) is 7.52. The highest BCUT2D eigenvalue weighted by Gasteiger charge is 2.36. The molecule has 0 saturated carbocycles. The minimum Gasteiger partial charge on any atom is -0.363 e. The molecule has 1 aliphatic heterocycles. The number of thioether (sulfide) groups is 1. The van der Waals surface area contributed by atoms with Crippen molar-refractivity contribution in [3.8, 4) is 0 Å². The molecule has 1 aromatic rings. The smallest absolute Gasteiger partial charge is 0.233 e. The highest BCUT2D eigenvalue weighted by Crippen LogP contribution is 2.27. The highest BCUT2D eigenvalue weighted by molar-refractivity contribution is 8.01. The number of hydrogen-bond acceptors (Lipinski definition) is 8. The number of amides is 1. The van der Waals surface area contributed by atoms with Crippen molar-refractivity contribution in [2.75, 3.05) is 29.6 Å². The molecule has 1 saturated heterocycles. The molecule has 0 radical (unpaired) electrons. The number of hydrogen-bond donors (Lipinski definition) is 1. The van der Waals surface area contributed by atoms with Crippen LogP contribution in [0.3, 0.4) is 0 Å². The van der Waals surface area contributed by atoms with E-state index in [-0.39, 0.29) is 35.2 Å². The van der Waals surface area contributed by atoms with Gasteiger partial charge in [0.15, 0.2) is 14.2 Å². The van der Waals surface area contributed by atoms with E-state index in [1.165, 1.54) is 23.1 Å².